The third kappa shape index (κ3) is 5.61. The van der Waals surface area contributed by atoms with Gasteiger partial charge in [-0.1, -0.05) is 91.0 Å². The molecule has 0 aliphatic carbocycles. The van der Waals surface area contributed by atoms with E-state index in [1.807, 2.05) is 78.9 Å². The predicted octanol–water partition coefficient (Wildman–Crippen LogP) is 4.72. The summed E-state index contributed by atoms with van der Waals surface area (Å²) in [6, 6.07) is 29.7. The number of likely N-dealkylation sites (tertiary alicyclic amines) is 1. The lowest BCUT2D eigenvalue weighted by Gasteiger charge is -2.40. The van der Waals surface area contributed by atoms with Crippen LogP contribution < -0.4 is 5.32 Å². The summed E-state index contributed by atoms with van der Waals surface area (Å²) in [5, 5.41) is 3.16. The van der Waals surface area contributed by atoms with Gasteiger partial charge in [0.15, 0.2) is 0 Å². The summed E-state index contributed by atoms with van der Waals surface area (Å²) in [6.07, 6.45) is 1.59. The number of amides is 2. The van der Waals surface area contributed by atoms with Crippen molar-refractivity contribution in [2.45, 2.75) is 31.3 Å². The lowest BCUT2D eigenvalue weighted by molar-refractivity contribution is -0.128. The number of hydrogen-bond donors (Lipinski definition) is 1. The summed E-state index contributed by atoms with van der Waals surface area (Å²) in [6.45, 7) is 1.80. The maximum absolute atomic E-state index is 13.5. The van der Waals surface area contributed by atoms with Crippen molar-refractivity contribution in [3.63, 3.8) is 0 Å². The van der Waals surface area contributed by atoms with E-state index in [2.05, 4.69) is 17.4 Å². The molecule has 0 spiro atoms. The molecule has 33 heavy (non-hydrogen) atoms. The zero-order valence-corrected chi connectivity index (χ0v) is 18.8. The van der Waals surface area contributed by atoms with Crippen molar-refractivity contribution >= 4 is 12.0 Å². The van der Waals surface area contributed by atoms with Crippen molar-refractivity contribution in [2.24, 2.45) is 0 Å². The largest absolute Gasteiger partial charge is 0.445 e. The summed E-state index contributed by atoms with van der Waals surface area (Å²) >= 11 is 0. The summed E-state index contributed by atoms with van der Waals surface area (Å²) in [5.41, 5.74) is 2.51. The average Bonchev–Trinajstić information content (AvgIpc) is 2.89. The number of benzene rings is 3. The van der Waals surface area contributed by atoms with Crippen LogP contribution in [-0.2, 0) is 28.0 Å². The van der Waals surface area contributed by atoms with Crippen LogP contribution in [0.2, 0.25) is 0 Å². The molecular formula is C28H30N2O3. The molecule has 1 N–H and O–H groups in total. The molecule has 2 amide bonds. The van der Waals surface area contributed by atoms with E-state index in [0.717, 1.165) is 17.5 Å². The van der Waals surface area contributed by atoms with Crippen molar-refractivity contribution in [1.82, 2.24) is 10.2 Å². The molecular weight excluding hydrogens is 412 g/mol. The summed E-state index contributed by atoms with van der Waals surface area (Å²) in [5.74, 6) is 0.0296. The highest BCUT2D eigenvalue weighted by Crippen LogP contribution is 2.36. The Kier molecular flexibility index (Phi) is 7.40. The Labute approximate surface area is 195 Å². The third-order valence-electron chi connectivity index (χ3n) is 6.38. The number of carbonyl (C=O) groups is 2. The second-order valence-corrected chi connectivity index (χ2v) is 8.47. The number of ether oxygens (including phenoxy) is 1. The monoisotopic (exact) mass is 442 g/mol. The fourth-order valence-corrected chi connectivity index (χ4v) is 4.42. The minimum atomic E-state index is -0.645. The lowest BCUT2D eigenvalue weighted by atomic mass is 9.72. The molecule has 0 radical (unpaired) electrons. The van der Waals surface area contributed by atoms with Gasteiger partial charge in [-0.2, -0.15) is 0 Å². The number of nitrogens with zero attached hydrogens (tertiary/aromatic N) is 1. The first-order valence-electron chi connectivity index (χ1n) is 11.5. The van der Waals surface area contributed by atoms with E-state index in [-0.39, 0.29) is 18.6 Å². The molecule has 0 aromatic heterocycles. The molecule has 0 unspecified atom stereocenters. The molecule has 1 aliphatic rings. The Bertz CT molecular complexity index is 1030. The molecule has 3 aromatic rings. The summed E-state index contributed by atoms with van der Waals surface area (Å²) < 4.78 is 5.50. The molecule has 5 heteroatoms. The second-order valence-electron chi connectivity index (χ2n) is 8.47. The van der Waals surface area contributed by atoms with Crippen LogP contribution in [0.25, 0.3) is 0 Å². The van der Waals surface area contributed by atoms with E-state index >= 15 is 0 Å². The van der Waals surface area contributed by atoms with E-state index in [9.17, 15) is 9.59 Å². The van der Waals surface area contributed by atoms with Crippen LogP contribution in [0.15, 0.2) is 91.0 Å². The van der Waals surface area contributed by atoms with Crippen molar-refractivity contribution in [1.29, 1.82) is 0 Å². The Morgan fingerprint density at radius 3 is 1.94 bits per heavy atom. The molecule has 0 atom stereocenters. The fraction of sp³-hybridized carbons (Fsp3) is 0.286. The molecule has 5 nitrogen and oxygen atoms in total. The number of hydrogen-bond acceptors (Lipinski definition) is 3. The van der Waals surface area contributed by atoms with Gasteiger partial charge < -0.3 is 15.0 Å². The Morgan fingerprint density at radius 1 is 0.788 bits per heavy atom. The van der Waals surface area contributed by atoms with Crippen LogP contribution in [0, 0.1) is 0 Å². The Morgan fingerprint density at radius 2 is 1.33 bits per heavy atom. The van der Waals surface area contributed by atoms with Gasteiger partial charge in [-0.3, -0.25) is 4.79 Å². The number of carbonyl (C=O) groups excluding carboxylic acids is 2. The summed E-state index contributed by atoms with van der Waals surface area (Å²) in [4.78, 5) is 27.8. The van der Waals surface area contributed by atoms with Crippen molar-refractivity contribution < 1.29 is 14.3 Å². The minimum absolute atomic E-state index is 0.0296. The van der Waals surface area contributed by atoms with Crippen LogP contribution in [0.1, 0.15) is 29.5 Å². The molecule has 1 heterocycles. The van der Waals surface area contributed by atoms with Crippen LogP contribution in [-0.4, -0.2) is 36.5 Å². The average molecular weight is 443 g/mol. The van der Waals surface area contributed by atoms with Crippen molar-refractivity contribution in [3.05, 3.63) is 108 Å². The lowest BCUT2D eigenvalue weighted by Crippen LogP contribution is -2.53. The maximum Gasteiger partial charge on any atom is 0.410 e. The van der Waals surface area contributed by atoms with Gasteiger partial charge in [0.1, 0.15) is 6.61 Å². The highest BCUT2D eigenvalue weighted by Gasteiger charge is 2.43. The maximum atomic E-state index is 13.5. The standard InChI is InChI=1S/C28H30N2O3/c31-26(29-19-16-23-10-4-1-5-11-23)28(25-14-8-3-9-15-25)17-20-30(21-18-28)27(32)33-22-24-12-6-2-7-13-24/h1-15H,16-22H2,(H,29,31). The number of piperidine rings is 1. The first-order valence-corrected chi connectivity index (χ1v) is 11.5. The van der Waals surface area contributed by atoms with E-state index < -0.39 is 5.41 Å². The molecule has 170 valence electrons. The Balaban J connectivity index is 1.38. The molecule has 0 saturated carbocycles. The predicted molar refractivity (Wildman–Crippen MR) is 129 cm³/mol. The van der Waals surface area contributed by atoms with Crippen molar-refractivity contribution in [2.75, 3.05) is 19.6 Å². The minimum Gasteiger partial charge on any atom is -0.445 e. The van der Waals surface area contributed by atoms with Crippen LogP contribution in [0.3, 0.4) is 0 Å². The van der Waals surface area contributed by atoms with Crippen LogP contribution in [0.5, 0.6) is 0 Å². The van der Waals surface area contributed by atoms with Gasteiger partial charge in [0.05, 0.1) is 5.41 Å². The molecule has 1 aliphatic heterocycles. The van der Waals surface area contributed by atoms with Crippen molar-refractivity contribution in [3.8, 4) is 0 Å². The van der Waals surface area contributed by atoms with Crippen LogP contribution >= 0.6 is 0 Å². The van der Waals surface area contributed by atoms with Gasteiger partial charge in [-0.25, -0.2) is 4.79 Å². The zero-order valence-electron chi connectivity index (χ0n) is 18.8. The van der Waals surface area contributed by atoms with E-state index in [4.69, 9.17) is 4.74 Å². The first kappa shape index (κ1) is 22.6. The second kappa shape index (κ2) is 10.8. The molecule has 1 saturated heterocycles. The van der Waals surface area contributed by atoms with Gasteiger partial charge >= 0.3 is 6.09 Å². The molecule has 0 bridgehead atoms. The fourth-order valence-electron chi connectivity index (χ4n) is 4.42. The highest BCUT2D eigenvalue weighted by atomic mass is 16.6. The number of rotatable bonds is 7. The van der Waals surface area contributed by atoms with E-state index in [0.29, 0.717) is 32.5 Å². The van der Waals surface area contributed by atoms with E-state index in [1.54, 1.807) is 4.90 Å². The topological polar surface area (TPSA) is 58.6 Å². The first-order chi connectivity index (χ1) is 16.2. The van der Waals surface area contributed by atoms with Gasteiger partial charge in [0, 0.05) is 19.6 Å². The quantitative estimate of drug-likeness (QED) is 0.576. The molecule has 4 rings (SSSR count). The van der Waals surface area contributed by atoms with Gasteiger partial charge in [0.25, 0.3) is 0 Å². The smallest absolute Gasteiger partial charge is 0.410 e. The molecule has 3 aromatic carbocycles. The normalized spacial score (nSPS) is 15.0. The summed E-state index contributed by atoms with van der Waals surface area (Å²) in [7, 11) is 0. The van der Waals surface area contributed by atoms with Gasteiger partial charge in [-0.15, -0.1) is 0 Å². The van der Waals surface area contributed by atoms with Gasteiger partial charge in [-0.05, 0) is 36.0 Å². The number of nitrogens with one attached hydrogen (secondary N) is 1. The zero-order chi connectivity index (χ0) is 22.9. The van der Waals surface area contributed by atoms with Crippen LogP contribution in [0.4, 0.5) is 4.79 Å². The third-order valence-corrected chi connectivity index (χ3v) is 6.38. The Hall–Kier alpha value is -3.60. The SMILES string of the molecule is O=C(OCc1ccccc1)N1CCC(C(=O)NCCc2ccccc2)(c2ccccc2)CC1. The highest BCUT2D eigenvalue weighted by molar-refractivity contribution is 5.88. The van der Waals surface area contributed by atoms with Gasteiger partial charge in [0.2, 0.25) is 5.91 Å². The molecule has 1 fully saturated rings. The van der Waals surface area contributed by atoms with E-state index in [1.165, 1.54) is 5.56 Å².